The van der Waals surface area contributed by atoms with Crippen LogP contribution in [0.1, 0.15) is 5.56 Å². The van der Waals surface area contributed by atoms with E-state index in [-0.39, 0.29) is 25.5 Å². The third-order valence-corrected chi connectivity index (χ3v) is 5.46. The highest BCUT2D eigenvalue weighted by Gasteiger charge is 2.25. The molecule has 1 aliphatic heterocycles. The molecule has 1 fully saturated rings. The zero-order chi connectivity index (χ0) is 19.2. The average molecular weight is 402 g/mol. The Hall–Kier alpha value is -2.45. The predicted molar refractivity (Wildman–Crippen MR) is 108 cm³/mol. The van der Waals surface area contributed by atoms with Crippen LogP contribution in [0.3, 0.4) is 0 Å². The first kappa shape index (κ1) is 19.3. The van der Waals surface area contributed by atoms with Crippen molar-refractivity contribution in [2.45, 2.75) is 6.42 Å². The molecule has 0 unspecified atom stereocenters. The van der Waals surface area contributed by atoms with E-state index in [0.29, 0.717) is 16.6 Å². The lowest BCUT2D eigenvalue weighted by atomic mass is 10.1. The van der Waals surface area contributed by atoms with Crippen LogP contribution in [-0.4, -0.2) is 52.5 Å². The fraction of sp³-hybridized carbons (Fsp3) is 0.263. The van der Waals surface area contributed by atoms with Gasteiger partial charge in [0.25, 0.3) is 5.91 Å². The highest BCUT2D eigenvalue weighted by atomic mass is 32.2. The van der Waals surface area contributed by atoms with Gasteiger partial charge in [0.1, 0.15) is 4.32 Å². The molecular weight excluding hydrogens is 384 g/mol. The SMILES string of the molecule is O=C(COC(=O)Cc1ccc2ccccc2c1)NCCN1C(=O)CSC1=S. The number of benzene rings is 2. The lowest BCUT2D eigenvalue weighted by Gasteiger charge is -2.15. The first-order chi connectivity index (χ1) is 13.0. The van der Waals surface area contributed by atoms with Gasteiger partial charge in [-0.3, -0.25) is 19.3 Å². The fourth-order valence-electron chi connectivity index (χ4n) is 2.67. The average Bonchev–Trinajstić information content (AvgIpc) is 2.98. The van der Waals surface area contributed by atoms with E-state index in [1.165, 1.54) is 16.7 Å². The molecule has 0 spiro atoms. The van der Waals surface area contributed by atoms with Gasteiger partial charge in [0.2, 0.25) is 5.91 Å². The molecule has 2 aromatic rings. The smallest absolute Gasteiger partial charge is 0.310 e. The number of carbonyl (C=O) groups excluding carboxylic acids is 3. The van der Waals surface area contributed by atoms with Crippen LogP contribution in [0.5, 0.6) is 0 Å². The number of nitrogens with one attached hydrogen (secondary N) is 1. The van der Waals surface area contributed by atoms with E-state index in [9.17, 15) is 14.4 Å². The molecule has 3 rings (SSSR count). The highest BCUT2D eigenvalue weighted by molar-refractivity contribution is 8.23. The molecule has 0 bridgehead atoms. The van der Waals surface area contributed by atoms with Crippen LogP contribution < -0.4 is 5.32 Å². The fourth-order valence-corrected chi connectivity index (χ4v) is 3.79. The highest BCUT2D eigenvalue weighted by Crippen LogP contribution is 2.18. The van der Waals surface area contributed by atoms with E-state index in [0.717, 1.165) is 16.3 Å². The Morgan fingerprint density at radius 2 is 1.96 bits per heavy atom. The quantitative estimate of drug-likeness (QED) is 0.563. The molecule has 0 atom stereocenters. The molecular formula is C19H18N2O4S2. The Morgan fingerprint density at radius 1 is 1.19 bits per heavy atom. The zero-order valence-corrected chi connectivity index (χ0v) is 16.1. The predicted octanol–water partition coefficient (Wildman–Crippen LogP) is 1.90. The largest absolute Gasteiger partial charge is 0.455 e. The minimum atomic E-state index is -0.465. The summed E-state index contributed by atoms with van der Waals surface area (Å²) in [7, 11) is 0. The number of amides is 2. The molecule has 1 aliphatic rings. The minimum Gasteiger partial charge on any atom is -0.455 e. The molecule has 1 N–H and O–H groups in total. The number of thiocarbonyl (C=S) groups is 1. The minimum absolute atomic E-state index is 0.0546. The zero-order valence-electron chi connectivity index (χ0n) is 14.5. The first-order valence-electron chi connectivity index (χ1n) is 8.40. The van der Waals surface area contributed by atoms with Crippen molar-refractivity contribution < 1.29 is 19.1 Å². The molecule has 1 heterocycles. The summed E-state index contributed by atoms with van der Waals surface area (Å²) in [4.78, 5) is 36.8. The number of esters is 1. The summed E-state index contributed by atoms with van der Waals surface area (Å²) in [5, 5.41) is 4.76. The monoisotopic (exact) mass is 402 g/mol. The van der Waals surface area contributed by atoms with Crippen LogP contribution in [0.25, 0.3) is 10.8 Å². The number of thioether (sulfide) groups is 1. The van der Waals surface area contributed by atoms with Crippen molar-refractivity contribution in [2.24, 2.45) is 0 Å². The van der Waals surface area contributed by atoms with Crippen LogP contribution in [-0.2, 0) is 25.5 Å². The van der Waals surface area contributed by atoms with Crippen LogP contribution >= 0.6 is 24.0 Å². The molecule has 2 amide bonds. The molecule has 0 radical (unpaired) electrons. The van der Waals surface area contributed by atoms with Crippen LogP contribution in [0, 0.1) is 0 Å². The molecule has 0 saturated carbocycles. The summed E-state index contributed by atoms with van der Waals surface area (Å²) in [5.41, 5.74) is 0.831. The number of fused-ring (bicyclic) bond motifs is 1. The van der Waals surface area contributed by atoms with Gasteiger partial charge in [0.05, 0.1) is 12.2 Å². The van der Waals surface area contributed by atoms with E-state index in [4.69, 9.17) is 17.0 Å². The maximum Gasteiger partial charge on any atom is 0.310 e. The van der Waals surface area contributed by atoms with Crippen molar-refractivity contribution in [2.75, 3.05) is 25.4 Å². The second kappa shape index (κ2) is 8.96. The van der Waals surface area contributed by atoms with Crippen molar-refractivity contribution in [3.8, 4) is 0 Å². The van der Waals surface area contributed by atoms with Crippen molar-refractivity contribution in [3.63, 3.8) is 0 Å². The Bertz CT molecular complexity index is 884. The summed E-state index contributed by atoms with van der Waals surface area (Å²) in [6.45, 7) is 0.231. The maximum absolute atomic E-state index is 11.9. The molecule has 27 heavy (non-hydrogen) atoms. The van der Waals surface area contributed by atoms with Gasteiger partial charge in [-0.2, -0.15) is 0 Å². The molecule has 0 aliphatic carbocycles. The maximum atomic E-state index is 11.9. The Labute approximate surface area is 166 Å². The molecule has 0 aromatic heterocycles. The van der Waals surface area contributed by atoms with Gasteiger partial charge in [0, 0.05) is 13.1 Å². The number of ether oxygens (including phenoxy) is 1. The number of carbonyl (C=O) groups is 3. The Morgan fingerprint density at radius 3 is 2.70 bits per heavy atom. The van der Waals surface area contributed by atoms with E-state index in [1.54, 1.807) is 0 Å². The Balaban J connectivity index is 1.39. The summed E-state index contributed by atoms with van der Waals surface area (Å²) in [6, 6.07) is 13.6. The summed E-state index contributed by atoms with van der Waals surface area (Å²) < 4.78 is 5.55. The molecule has 6 nitrogen and oxygen atoms in total. The van der Waals surface area contributed by atoms with Crippen LogP contribution in [0.2, 0.25) is 0 Å². The van der Waals surface area contributed by atoms with E-state index in [1.807, 2.05) is 42.5 Å². The number of nitrogens with zero attached hydrogens (tertiary/aromatic N) is 1. The standard InChI is InChI=1S/C19H18N2O4S2/c22-16(20-7-8-21-17(23)12-27-19(21)26)11-25-18(24)10-13-5-6-14-3-1-2-4-15(14)9-13/h1-6,9H,7-8,10-12H2,(H,20,22). The summed E-state index contributed by atoms with van der Waals surface area (Å²) in [6.07, 6.45) is 0.103. The van der Waals surface area contributed by atoms with Crippen LogP contribution in [0.15, 0.2) is 42.5 Å². The van der Waals surface area contributed by atoms with Gasteiger partial charge in [-0.15, -0.1) is 0 Å². The number of hydrogen-bond acceptors (Lipinski definition) is 6. The third kappa shape index (κ3) is 5.27. The molecule has 140 valence electrons. The van der Waals surface area contributed by atoms with Crippen molar-refractivity contribution >= 4 is 56.9 Å². The van der Waals surface area contributed by atoms with Gasteiger partial charge in [-0.05, 0) is 16.3 Å². The van der Waals surface area contributed by atoms with Gasteiger partial charge in [-0.25, -0.2) is 0 Å². The second-order valence-electron chi connectivity index (χ2n) is 5.97. The molecule has 1 saturated heterocycles. The van der Waals surface area contributed by atoms with E-state index in [2.05, 4.69) is 5.32 Å². The number of hydrogen-bond donors (Lipinski definition) is 1. The second-order valence-corrected chi connectivity index (χ2v) is 7.58. The lowest BCUT2D eigenvalue weighted by molar-refractivity contribution is -0.147. The topological polar surface area (TPSA) is 75.7 Å². The summed E-state index contributed by atoms with van der Waals surface area (Å²) in [5.74, 6) is -0.583. The van der Waals surface area contributed by atoms with E-state index < -0.39 is 11.9 Å². The Kier molecular flexibility index (Phi) is 6.41. The van der Waals surface area contributed by atoms with E-state index >= 15 is 0 Å². The van der Waals surface area contributed by atoms with Crippen molar-refractivity contribution in [3.05, 3.63) is 48.0 Å². The third-order valence-electron chi connectivity index (χ3n) is 4.02. The van der Waals surface area contributed by atoms with Crippen molar-refractivity contribution in [1.29, 1.82) is 0 Å². The van der Waals surface area contributed by atoms with Crippen molar-refractivity contribution in [1.82, 2.24) is 10.2 Å². The number of rotatable bonds is 7. The normalized spacial score (nSPS) is 13.9. The lowest BCUT2D eigenvalue weighted by Crippen LogP contribution is -2.38. The van der Waals surface area contributed by atoms with Gasteiger partial charge in [0.15, 0.2) is 6.61 Å². The molecule has 8 heteroatoms. The summed E-state index contributed by atoms with van der Waals surface area (Å²) >= 11 is 6.37. The van der Waals surface area contributed by atoms with Gasteiger partial charge >= 0.3 is 5.97 Å². The van der Waals surface area contributed by atoms with Gasteiger partial charge in [-0.1, -0.05) is 66.4 Å². The van der Waals surface area contributed by atoms with Gasteiger partial charge < -0.3 is 10.1 Å². The van der Waals surface area contributed by atoms with Crippen LogP contribution in [0.4, 0.5) is 0 Å². The first-order valence-corrected chi connectivity index (χ1v) is 9.79. The molecule has 2 aromatic carbocycles.